The van der Waals surface area contributed by atoms with Crippen LogP contribution in [0.2, 0.25) is 0 Å². The van der Waals surface area contributed by atoms with Crippen LogP contribution in [0.15, 0.2) is 18.2 Å². The van der Waals surface area contributed by atoms with E-state index in [0.717, 1.165) is 11.3 Å². The molecule has 2 rings (SSSR count). The van der Waals surface area contributed by atoms with Crippen molar-refractivity contribution in [3.8, 4) is 5.75 Å². The first-order chi connectivity index (χ1) is 8.80. The average molecular weight is 263 g/mol. The normalized spacial score (nSPS) is 21.7. The minimum atomic E-state index is -0.973. The molecule has 1 atom stereocenters. The first-order valence-electron chi connectivity index (χ1n) is 6.55. The van der Waals surface area contributed by atoms with Crippen LogP contribution in [0, 0.1) is 5.41 Å². The minimum absolute atomic E-state index is 0.308. The van der Waals surface area contributed by atoms with Gasteiger partial charge in [-0.15, -0.1) is 0 Å². The Morgan fingerprint density at radius 2 is 2.16 bits per heavy atom. The third kappa shape index (κ3) is 2.15. The Morgan fingerprint density at radius 3 is 2.74 bits per heavy atom. The molecule has 104 valence electrons. The molecule has 0 saturated carbocycles. The highest BCUT2D eigenvalue weighted by Gasteiger charge is 2.56. The number of anilines is 1. The molecule has 0 fully saturated rings. The fourth-order valence-electron chi connectivity index (χ4n) is 2.42. The van der Waals surface area contributed by atoms with Crippen LogP contribution in [0.1, 0.15) is 33.3 Å². The number of nitrogens with two attached hydrogens (primary N) is 1. The van der Waals surface area contributed by atoms with Gasteiger partial charge < -0.3 is 15.2 Å². The van der Waals surface area contributed by atoms with Gasteiger partial charge in [-0.3, -0.25) is 0 Å². The highest BCUT2D eigenvalue weighted by Crippen LogP contribution is 2.46. The molecule has 1 unspecified atom stereocenters. The molecule has 0 spiro atoms. The zero-order valence-electron chi connectivity index (χ0n) is 11.9. The van der Waals surface area contributed by atoms with Gasteiger partial charge >= 0.3 is 5.97 Å². The number of esters is 1. The molecule has 0 aromatic heterocycles. The van der Waals surface area contributed by atoms with Gasteiger partial charge in [0.2, 0.25) is 5.60 Å². The maximum atomic E-state index is 12.4. The summed E-state index contributed by atoms with van der Waals surface area (Å²) < 4.78 is 11.2. The molecule has 4 nitrogen and oxygen atoms in total. The molecule has 1 heterocycles. The standard InChI is InChI=1S/C15H21NO3/c1-5-18-13(17)15(14(2,3)4)9-10-8-11(16)6-7-12(10)19-15/h6-8H,5,9,16H2,1-4H3. The van der Waals surface area contributed by atoms with Crippen LogP contribution >= 0.6 is 0 Å². The lowest BCUT2D eigenvalue weighted by molar-refractivity contribution is -0.170. The van der Waals surface area contributed by atoms with E-state index in [0.29, 0.717) is 18.7 Å². The number of benzene rings is 1. The number of nitrogen functional groups attached to an aromatic ring is 1. The van der Waals surface area contributed by atoms with Gasteiger partial charge in [-0.2, -0.15) is 0 Å². The van der Waals surface area contributed by atoms with E-state index >= 15 is 0 Å². The average Bonchev–Trinajstić information content (AvgIpc) is 2.68. The molecule has 0 bridgehead atoms. The summed E-state index contributed by atoms with van der Waals surface area (Å²) in [5, 5.41) is 0. The molecule has 0 radical (unpaired) electrons. The van der Waals surface area contributed by atoms with Gasteiger partial charge in [-0.1, -0.05) is 20.8 Å². The van der Waals surface area contributed by atoms with Crippen LogP contribution in [-0.2, 0) is 16.0 Å². The number of ether oxygens (including phenoxy) is 2. The lowest BCUT2D eigenvalue weighted by atomic mass is 9.74. The molecule has 1 aliphatic heterocycles. The lowest BCUT2D eigenvalue weighted by Gasteiger charge is -2.38. The van der Waals surface area contributed by atoms with Crippen LogP contribution in [0.3, 0.4) is 0 Å². The van der Waals surface area contributed by atoms with Crippen molar-refractivity contribution in [2.75, 3.05) is 12.3 Å². The smallest absolute Gasteiger partial charge is 0.351 e. The van der Waals surface area contributed by atoms with Crippen molar-refractivity contribution in [2.45, 2.75) is 39.7 Å². The Labute approximate surface area is 113 Å². The summed E-state index contributed by atoms with van der Waals surface area (Å²) in [5.74, 6) is 0.412. The summed E-state index contributed by atoms with van der Waals surface area (Å²) in [6, 6.07) is 5.46. The van der Waals surface area contributed by atoms with Gasteiger partial charge in [0, 0.05) is 23.1 Å². The molecule has 0 saturated heterocycles. The second-order valence-corrected chi connectivity index (χ2v) is 5.94. The Kier molecular flexibility index (Phi) is 3.20. The number of hydrogen-bond acceptors (Lipinski definition) is 4. The second kappa shape index (κ2) is 4.44. The molecular weight excluding hydrogens is 242 g/mol. The number of rotatable bonds is 2. The van der Waals surface area contributed by atoms with E-state index in [9.17, 15) is 4.79 Å². The first kappa shape index (κ1) is 13.7. The Bertz CT molecular complexity index is 505. The topological polar surface area (TPSA) is 61.5 Å². The van der Waals surface area contributed by atoms with Gasteiger partial charge in [0.25, 0.3) is 0 Å². The Morgan fingerprint density at radius 1 is 1.47 bits per heavy atom. The predicted molar refractivity (Wildman–Crippen MR) is 74.0 cm³/mol. The van der Waals surface area contributed by atoms with Crippen molar-refractivity contribution in [3.63, 3.8) is 0 Å². The van der Waals surface area contributed by atoms with E-state index in [-0.39, 0.29) is 11.4 Å². The van der Waals surface area contributed by atoms with Gasteiger partial charge in [-0.05, 0) is 25.1 Å². The van der Waals surface area contributed by atoms with Crippen molar-refractivity contribution < 1.29 is 14.3 Å². The Hall–Kier alpha value is -1.71. The van der Waals surface area contributed by atoms with Crippen LogP contribution in [0.25, 0.3) is 0 Å². The summed E-state index contributed by atoms with van der Waals surface area (Å²) >= 11 is 0. The summed E-state index contributed by atoms with van der Waals surface area (Å²) in [5.41, 5.74) is 6.09. The fourth-order valence-corrected chi connectivity index (χ4v) is 2.42. The highest BCUT2D eigenvalue weighted by molar-refractivity contribution is 5.83. The molecule has 4 heteroatoms. The summed E-state index contributed by atoms with van der Waals surface area (Å²) in [6.45, 7) is 8.10. The van der Waals surface area contributed by atoms with E-state index in [2.05, 4.69) is 0 Å². The van der Waals surface area contributed by atoms with Gasteiger partial charge in [0.05, 0.1) is 6.61 Å². The summed E-state index contributed by atoms with van der Waals surface area (Å²) in [6.07, 6.45) is 0.496. The van der Waals surface area contributed by atoms with Gasteiger partial charge in [-0.25, -0.2) is 4.79 Å². The predicted octanol–water partition coefficient (Wildman–Crippen LogP) is 2.55. The van der Waals surface area contributed by atoms with Crippen molar-refractivity contribution >= 4 is 11.7 Å². The van der Waals surface area contributed by atoms with Crippen molar-refractivity contribution in [1.82, 2.24) is 0 Å². The van der Waals surface area contributed by atoms with Crippen LogP contribution in [0.4, 0.5) is 5.69 Å². The number of carbonyl (C=O) groups excluding carboxylic acids is 1. The quantitative estimate of drug-likeness (QED) is 0.658. The van der Waals surface area contributed by atoms with Crippen molar-refractivity contribution in [1.29, 1.82) is 0 Å². The maximum Gasteiger partial charge on any atom is 0.351 e. The molecule has 0 amide bonds. The molecule has 1 aromatic rings. The molecule has 2 N–H and O–H groups in total. The Balaban J connectivity index is 2.43. The third-order valence-corrected chi connectivity index (χ3v) is 3.62. The van der Waals surface area contributed by atoms with Gasteiger partial charge in [0.15, 0.2) is 0 Å². The highest BCUT2D eigenvalue weighted by atomic mass is 16.6. The first-order valence-corrected chi connectivity index (χ1v) is 6.55. The number of hydrogen-bond donors (Lipinski definition) is 1. The number of fused-ring (bicyclic) bond motifs is 1. The molecule has 1 aliphatic rings. The molecule has 0 aliphatic carbocycles. The SMILES string of the molecule is CCOC(=O)C1(C(C)(C)C)Cc2cc(N)ccc2O1. The van der Waals surface area contributed by atoms with Crippen molar-refractivity contribution in [2.24, 2.45) is 5.41 Å². The van der Waals surface area contributed by atoms with E-state index in [1.807, 2.05) is 32.9 Å². The van der Waals surface area contributed by atoms with E-state index in [1.165, 1.54) is 0 Å². The molecule has 19 heavy (non-hydrogen) atoms. The fraction of sp³-hybridized carbons (Fsp3) is 0.533. The van der Waals surface area contributed by atoms with Crippen molar-refractivity contribution in [3.05, 3.63) is 23.8 Å². The minimum Gasteiger partial charge on any atom is -0.474 e. The lowest BCUT2D eigenvalue weighted by Crippen LogP contribution is -2.54. The zero-order valence-corrected chi connectivity index (χ0v) is 11.9. The molecule has 1 aromatic carbocycles. The van der Waals surface area contributed by atoms with E-state index in [4.69, 9.17) is 15.2 Å². The zero-order chi connectivity index (χ0) is 14.3. The van der Waals surface area contributed by atoms with Crippen LogP contribution < -0.4 is 10.5 Å². The van der Waals surface area contributed by atoms with E-state index in [1.54, 1.807) is 13.0 Å². The van der Waals surface area contributed by atoms with Crippen LogP contribution in [-0.4, -0.2) is 18.2 Å². The van der Waals surface area contributed by atoms with Crippen LogP contribution in [0.5, 0.6) is 5.75 Å². The second-order valence-electron chi connectivity index (χ2n) is 5.94. The molecular formula is C15H21NO3. The maximum absolute atomic E-state index is 12.4. The third-order valence-electron chi connectivity index (χ3n) is 3.62. The summed E-state index contributed by atoms with van der Waals surface area (Å²) in [4.78, 5) is 12.4. The summed E-state index contributed by atoms with van der Waals surface area (Å²) in [7, 11) is 0. The van der Waals surface area contributed by atoms with Gasteiger partial charge in [0.1, 0.15) is 5.75 Å². The van der Waals surface area contributed by atoms with E-state index < -0.39 is 5.60 Å². The largest absolute Gasteiger partial charge is 0.474 e. The monoisotopic (exact) mass is 263 g/mol. The number of carbonyl (C=O) groups is 1.